The predicted molar refractivity (Wildman–Crippen MR) is 93.1 cm³/mol. The summed E-state index contributed by atoms with van der Waals surface area (Å²) in [6, 6.07) is 0. The Kier molecular flexibility index (Phi) is 5.99. The fourth-order valence-electron chi connectivity index (χ4n) is 2.40. The quantitative estimate of drug-likeness (QED) is 0.737. The van der Waals surface area contributed by atoms with Crippen LogP contribution in [-0.2, 0) is 0 Å². The van der Waals surface area contributed by atoms with E-state index >= 15 is 0 Å². The fourth-order valence-corrected chi connectivity index (χ4v) is 2.40. The van der Waals surface area contributed by atoms with Crippen LogP contribution in [0.25, 0.3) is 0 Å². The minimum Gasteiger partial charge on any atom is -0.308 e. The molecular formula is C20H23N. The zero-order valence-electron chi connectivity index (χ0n) is 12.8. The van der Waals surface area contributed by atoms with Gasteiger partial charge in [0, 0.05) is 12.5 Å². The lowest BCUT2D eigenvalue weighted by atomic mass is 9.88. The topological polar surface area (TPSA) is 3.24 Å². The van der Waals surface area contributed by atoms with Gasteiger partial charge in [-0.3, -0.25) is 0 Å². The van der Waals surface area contributed by atoms with Crippen LogP contribution in [0.2, 0.25) is 0 Å². The molecule has 0 bridgehead atoms. The Labute approximate surface area is 128 Å². The molecule has 0 aromatic carbocycles. The highest BCUT2D eigenvalue weighted by Crippen LogP contribution is 2.25. The Morgan fingerprint density at radius 3 is 1.57 bits per heavy atom. The summed E-state index contributed by atoms with van der Waals surface area (Å²) >= 11 is 0. The van der Waals surface area contributed by atoms with E-state index in [4.69, 9.17) is 0 Å². The molecule has 2 aliphatic rings. The number of nitrogens with zero attached hydrogens (tertiary/aromatic N) is 1. The molecule has 0 radical (unpaired) electrons. The number of rotatable bonds is 4. The molecular weight excluding hydrogens is 254 g/mol. The first-order chi connectivity index (χ1) is 10.3. The van der Waals surface area contributed by atoms with Crippen LogP contribution < -0.4 is 0 Å². The van der Waals surface area contributed by atoms with E-state index in [0.717, 1.165) is 6.54 Å². The third kappa shape index (κ3) is 5.05. The van der Waals surface area contributed by atoms with E-state index in [1.165, 1.54) is 11.1 Å². The molecule has 0 amide bonds. The highest BCUT2D eigenvalue weighted by Gasteiger charge is 2.16. The molecule has 0 atom stereocenters. The standard InChI is InChI=1S/C20H23N/c1-21(2)17-20(18-13-9-5-3-6-10-14-18)19-15-11-7-4-8-12-16-19/h3-16,20H,17H2,1-2H3. The van der Waals surface area contributed by atoms with Gasteiger partial charge in [0.25, 0.3) is 0 Å². The number of hydrogen-bond donors (Lipinski definition) is 0. The molecule has 0 aliphatic heterocycles. The SMILES string of the molecule is CN(C)CC(C1=CC=CC=CC=C1)C1=CC=CC=CC=C1. The molecule has 0 aromatic heterocycles. The summed E-state index contributed by atoms with van der Waals surface area (Å²) in [5.41, 5.74) is 2.66. The molecule has 0 saturated heterocycles. The molecule has 0 fully saturated rings. The van der Waals surface area contributed by atoms with Crippen LogP contribution in [0, 0.1) is 5.92 Å². The Hall–Kier alpha value is -2.12. The van der Waals surface area contributed by atoms with Gasteiger partial charge >= 0.3 is 0 Å². The van der Waals surface area contributed by atoms with Gasteiger partial charge in [0.1, 0.15) is 0 Å². The van der Waals surface area contributed by atoms with Crippen molar-refractivity contribution in [3.05, 3.63) is 96.2 Å². The summed E-state index contributed by atoms with van der Waals surface area (Å²) in [6.45, 7) is 0.988. The average molecular weight is 277 g/mol. The summed E-state index contributed by atoms with van der Waals surface area (Å²) in [4.78, 5) is 2.24. The van der Waals surface area contributed by atoms with Gasteiger partial charge < -0.3 is 4.90 Å². The highest BCUT2D eigenvalue weighted by atomic mass is 15.1. The average Bonchev–Trinajstić information content (AvgIpc) is 2.36. The van der Waals surface area contributed by atoms with E-state index in [1.807, 2.05) is 12.2 Å². The Morgan fingerprint density at radius 2 is 1.10 bits per heavy atom. The lowest BCUT2D eigenvalue weighted by Crippen LogP contribution is -2.24. The zero-order valence-corrected chi connectivity index (χ0v) is 12.8. The van der Waals surface area contributed by atoms with E-state index in [1.54, 1.807) is 0 Å². The van der Waals surface area contributed by atoms with Gasteiger partial charge in [-0.05, 0) is 25.2 Å². The molecule has 0 aromatic rings. The van der Waals surface area contributed by atoms with Crippen molar-refractivity contribution in [2.45, 2.75) is 0 Å². The summed E-state index contributed by atoms with van der Waals surface area (Å²) in [6.07, 6.45) is 29.7. The van der Waals surface area contributed by atoms with Gasteiger partial charge in [0.05, 0.1) is 0 Å². The van der Waals surface area contributed by atoms with Gasteiger partial charge in [-0.1, -0.05) is 85.1 Å². The second-order valence-corrected chi connectivity index (χ2v) is 5.41. The van der Waals surface area contributed by atoms with Crippen molar-refractivity contribution in [1.29, 1.82) is 0 Å². The zero-order chi connectivity index (χ0) is 14.9. The molecule has 1 nitrogen and oxygen atoms in total. The van der Waals surface area contributed by atoms with E-state index in [2.05, 4.69) is 91.9 Å². The van der Waals surface area contributed by atoms with Crippen molar-refractivity contribution in [2.24, 2.45) is 5.92 Å². The first kappa shape index (κ1) is 15.3. The second kappa shape index (κ2) is 8.23. The number of allylic oxidation sites excluding steroid dienone is 14. The van der Waals surface area contributed by atoms with E-state index in [9.17, 15) is 0 Å². The molecule has 0 unspecified atom stereocenters. The van der Waals surface area contributed by atoms with Crippen LogP contribution in [-0.4, -0.2) is 25.5 Å². The lowest BCUT2D eigenvalue weighted by Gasteiger charge is -2.24. The largest absolute Gasteiger partial charge is 0.308 e. The van der Waals surface area contributed by atoms with Crippen LogP contribution in [0.15, 0.2) is 96.2 Å². The Balaban J connectivity index is 2.33. The monoisotopic (exact) mass is 277 g/mol. The molecule has 2 rings (SSSR count). The Morgan fingerprint density at radius 1 is 0.667 bits per heavy atom. The van der Waals surface area contributed by atoms with Crippen molar-refractivity contribution in [1.82, 2.24) is 4.90 Å². The van der Waals surface area contributed by atoms with Crippen LogP contribution in [0.5, 0.6) is 0 Å². The van der Waals surface area contributed by atoms with Gasteiger partial charge in [-0.25, -0.2) is 0 Å². The van der Waals surface area contributed by atoms with Gasteiger partial charge in [-0.2, -0.15) is 0 Å². The molecule has 21 heavy (non-hydrogen) atoms. The van der Waals surface area contributed by atoms with Crippen LogP contribution in [0.4, 0.5) is 0 Å². The molecule has 0 heterocycles. The lowest BCUT2D eigenvalue weighted by molar-refractivity contribution is 0.376. The molecule has 0 saturated carbocycles. The third-order valence-electron chi connectivity index (χ3n) is 3.40. The molecule has 1 heteroatoms. The van der Waals surface area contributed by atoms with Crippen molar-refractivity contribution in [3.63, 3.8) is 0 Å². The third-order valence-corrected chi connectivity index (χ3v) is 3.40. The smallest absolute Gasteiger partial charge is 0.0217 e. The predicted octanol–water partition coefficient (Wildman–Crippen LogP) is 4.38. The normalized spacial score (nSPS) is 18.8. The first-order valence-electron chi connectivity index (χ1n) is 7.35. The molecule has 108 valence electrons. The van der Waals surface area contributed by atoms with Gasteiger partial charge in [0.15, 0.2) is 0 Å². The van der Waals surface area contributed by atoms with Crippen LogP contribution in [0.1, 0.15) is 0 Å². The van der Waals surface area contributed by atoms with Gasteiger partial charge in [-0.15, -0.1) is 0 Å². The number of hydrogen-bond acceptors (Lipinski definition) is 1. The maximum absolute atomic E-state index is 2.24. The summed E-state index contributed by atoms with van der Waals surface area (Å²) < 4.78 is 0. The van der Waals surface area contributed by atoms with E-state index < -0.39 is 0 Å². The van der Waals surface area contributed by atoms with E-state index in [0.29, 0.717) is 5.92 Å². The van der Waals surface area contributed by atoms with Gasteiger partial charge in [0.2, 0.25) is 0 Å². The second-order valence-electron chi connectivity index (χ2n) is 5.41. The van der Waals surface area contributed by atoms with Crippen LogP contribution in [0.3, 0.4) is 0 Å². The molecule has 0 N–H and O–H groups in total. The first-order valence-corrected chi connectivity index (χ1v) is 7.35. The van der Waals surface area contributed by atoms with E-state index in [-0.39, 0.29) is 0 Å². The van der Waals surface area contributed by atoms with Crippen molar-refractivity contribution >= 4 is 0 Å². The Bertz CT molecular complexity index is 527. The highest BCUT2D eigenvalue weighted by molar-refractivity contribution is 5.42. The van der Waals surface area contributed by atoms with Crippen molar-refractivity contribution < 1.29 is 0 Å². The minimum atomic E-state index is 0.361. The summed E-state index contributed by atoms with van der Waals surface area (Å²) in [5.74, 6) is 0.361. The van der Waals surface area contributed by atoms with Crippen molar-refractivity contribution in [2.75, 3.05) is 20.6 Å². The summed E-state index contributed by atoms with van der Waals surface area (Å²) in [7, 11) is 4.25. The van der Waals surface area contributed by atoms with Crippen molar-refractivity contribution in [3.8, 4) is 0 Å². The minimum absolute atomic E-state index is 0.361. The molecule has 0 spiro atoms. The summed E-state index contributed by atoms with van der Waals surface area (Å²) in [5, 5.41) is 0. The molecule has 2 aliphatic carbocycles. The van der Waals surface area contributed by atoms with Crippen LogP contribution >= 0.6 is 0 Å². The maximum Gasteiger partial charge on any atom is 0.0217 e. The fraction of sp³-hybridized carbons (Fsp3) is 0.200. The maximum atomic E-state index is 2.24.